The Hall–Kier alpha value is -4.41. The molecule has 2 aliphatic rings. The molecule has 4 aromatic rings. The Bertz CT molecular complexity index is 1630. The van der Waals surface area contributed by atoms with Crippen molar-refractivity contribution >= 4 is 17.9 Å². The van der Waals surface area contributed by atoms with Gasteiger partial charge in [-0.25, -0.2) is 13.8 Å². The molecule has 0 radical (unpaired) electrons. The van der Waals surface area contributed by atoms with Gasteiger partial charge in [-0.05, 0) is 42.7 Å². The standard InChI is InChI=1S/C35H36F2N4O4/c1-5-44-31-29-28(27(20-38-29)30-33(3,36)22(2)34(37,21-42)45-30)39-32(40-31)41-35(23-12-8-6-9-13-23,24-14-10-7-11-15-24)25-16-18-26(43-4)19-17-25/h6-20,22,27,30,42H,5,21H2,1-4H3,(H,39,40,41)/t22-,27?,30-,33+,34+/m0/s1. The summed E-state index contributed by atoms with van der Waals surface area (Å²) < 4.78 is 48.7. The van der Waals surface area contributed by atoms with Gasteiger partial charge in [0.05, 0.1) is 31.2 Å². The molecule has 3 heterocycles. The van der Waals surface area contributed by atoms with Crippen molar-refractivity contribution in [3.63, 3.8) is 0 Å². The van der Waals surface area contributed by atoms with Crippen LogP contribution in [-0.2, 0) is 10.3 Å². The van der Waals surface area contributed by atoms with Crippen molar-refractivity contribution in [2.45, 2.75) is 49.9 Å². The number of fused-ring (bicyclic) bond motifs is 1. The van der Waals surface area contributed by atoms with E-state index in [2.05, 4.69) is 10.3 Å². The highest BCUT2D eigenvalue weighted by molar-refractivity contribution is 5.83. The predicted molar refractivity (Wildman–Crippen MR) is 168 cm³/mol. The van der Waals surface area contributed by atoms with Crippen LogP contribution in [0.4, 0.5) is 20.4 Å². The van der Waals surface area contributed by atoms with Gasteiger partial charge in [0.1, 0.15) is 35.4 Å². The number of hydrogen-bond acceptors (Lipinski definition) is 8. The summed E-state index contributed by atoms with van der Waals surface area (Å²) in [6, 6.07) is 27.5. The van der Waals surface area contributed by atoms with Crippen LogP contribution in [0.1, 0.15) is 49.1 Å². The van der Waals surface area contributed by atoms with Crippen LogP contribution in [0, 0.1) is 5.92 Å². The predicted octanol–water partition coefficient (Wildman–Crippen LogP) is 6.51. The molecule has 0 aliphatic carbocycles. The molecule has 1 saturated heterocycles. The van der Waals surface area contributed by atoms with Gasteiger partial charge in [-0.1, -0.05) is 79.7 Å². The molecule has 1 aromatic heterocycles. The Morgan fingerprint density at radius 3 is 2.07 bits per heavy atom. The zero-order chi connectivity index (χ0) is 31.8. The van der Waals surface area contributed by atoms with E-state index in [9.17, 15) is 5.11 Å². The molecular formula is C35H36F2N4O4. The van der Waals surface area contributed by atoms with E-state index in [0.29, 0.717) is 23.7 Å². The Balaban J connectivity index is 1.53. The average Bonchev–Trinajstić information content (AvgIpc) is 3.57. The van der Waals surface area contributed by atoms with Gasteiger partial charge in [0.25, 0.3) is 0 Å². The average molecular weight is 615 g/mol. The van der Waals surface area contributed by atoms with Crippen molar-refractivity contribution < 1.29 is 28.1 Å². The number of benzene rings is 3. The van der Waals surface area contributed by atoms with Gasteiger partial charge in [0.2, 0.25) is 17.7 Å². The topological polar surface area (TPSA) is 98.1 Å². The number of ether oxygens (including phenoxy) is 3. The number of anilines is 1. The van der Waals surface area contributed by atoms with Crippen LogP contribution in [0.2, 0.25) is 0 Å². The van der Waals surface area contributed by atoms with Crippen molar-refractivity contribution in [3.8, 4) is 11.6 Å². The molecule has 10 heteroatoms. The lowest BCUT2D eigenvalue weighted by atomic mass is 9.77. The summed E-state index contributed by atoms with van der Waals surface area (Å²) in [5, 5.41) is 13.4. The largest absolute Gasteiger partial charge is 0.497 e. The number of aromatic nitrogens is 2. The number of aliphatic hydroxyl groups is 1. The quantitative estimate of drug-likeness (QED) is 0.197. The first-order valence-corrected chi connectivity index (χ1v) is 15.0. The Morgan fingerprint density at radius 1 is 0.933 bits per heavy atom. The van der Waals surface area contributed by atoms with Crippen LogP contribution in [0.3, 0.4) is 0 Å². The fourth-order valence-corrected chi connectivity index (χ4v) is 6.34. The lowest BCUT2D eigenvalue weighted by Crippen LogP contribution is -2.41. The minimum atomic E-state index is -2.55. The Labute approximate surface area is 261 Å². The third-order valence-electron chi connectivity index (χ3n) is 8.99. The maximum Gasteiger partial charge on any atom is 0.245 e. The third kappa shape index (κ3) is 5.11. The maximum absolute atomic E-state index is 16.2. The van der Waals surface area contributed by atoms with Gasteiger partial charge in [-0.15, -0.1) is 0 Å². The summed E-state index contributed by atoms with van der Waals surface area (Å²) in [7, 11) is 1.62. The molecule has 2 aliphatic heterocycles. The number of methoxy groups -OCH3 is 1. The summed E-state index contributed by atoms with van der Waals surface area (Å²) in [4.78, 5) is 14.1. The van der Waals surface area contributed by atoms with Crippen molar-refractivity contribution in [1.82, 2.24) is 9.97 Å². The lowest BCUT2D eigenvalue weighted by molar-refractivity contribution is -0.177. The van der Waals surface area contributed by atoms with Crippen molar-refractivity contribution in [3.05, 3.63) is 107 Å². The van der Waals surface area contributed by atoms with Crippen LogP contribution in [0.5, 0.6) is 11.6 Å². The zero-order valence-electron chi connectivity index (χ0n) is 25.6. The van der Waals surface area contributed by atoms with Gasteiger partial charge in [0, 0.05) is 6.21 Å². The highest BCUT2D eigenvalue weighted by atomic mass is 19.2. The molecule has 5 atom stereocenters. The molecule has 0 amide bonds. The van der Waals surface area contributed by atoms with E-state index in [1.807, 2.05) is 91.9 Å². The van der Waals surface area contributed by atoms with Crippen molar-refractivity contribution in [2.24, 2.45) is 10.9 Å². The van der Waals surface area contributed by atoms with Crippen LogP contribution < -0.4 is 14.8 Å². The number of aliphatic hydroxyl groups excluding tert-OH is 1. The molecular weight excluding hydrogens is 578 g/mol. The molecule has 45 heavy (non-hydrogen) atoms. The molecule has 6 rings (SSSR count). The number of nitrogens with zero attached hydrogens (tertiary/aromatic N) is 3. The van der Waals surface area contributed by atoms with Gasteiger partial charge in [-0.2, -0.15) is 4.98 Å². The maximum atomic E-state index is 16.2. The summed E-state index contributed by atoms with van der Waals surface area (Å²) in [6.07, 6.45) is 0.191. The first kappa shape index (κ1) is 30.6. The zero-order valence-corrected chi connectivity index (χ0v) is 25.6. The minimum absolute atomic E-state index is 0.191. The van der Waals surface area contributed by atoms with Gasteiger partial charge in [-0.3, -0.25) is 4.99 Å². The molecule has 234 valence electrons. The van der Waals surface area contributed by atoms with E-state index >= 15 is 8.78 Å². The fraction of sp³-hybridized carbons (Fsp3) is 0.343. The third-order valence-corrected chi connectivity index (χ3v) is 8.99. The molecule has 0 bridgehead atoms. The van der Waals surface area contributed by atoms with E-state index in [0.717, 1.165) is 16.7 Å². The molecule has 1 unspecified atom stereocenters. The first-order valence-electron chi connectivity index (χ1n) is 15.0. The fourth-order valence-electron chi connectivity index (χ4n) is 6.34. The number of rotatable bonds is 10. The molecule has 8 nitrogen and oxygen atoms in total. The van der Waals surface area contributed by atoms with Gasteiger partial charge >= 0.3 is 0 Å². The second-order valence-corrected chi connectivity index (χ2v) is 11.5. The van der Waals surface area contributed by atoms with Crippen LogP contribution in [0.25, 0.3) is 0 Å². The van der Waals surface area contributed by atoms with E-state index in [4.69, 9.17) is 24.2 Å². The Kier molecular flexibility index (Phi) is 8.05. The lowest BCUT2D eigenvalue weighted by Gasteiger charge is -2.37. The SMILES string of the molecule is CCOc1nc(NC(c2ccccc2)(c2ccccc2)c2ccc(OC)cc2)nc2c1N=CC2[C@@H]1O[C@](F)(CO)[C@@H](C)[C@@]1(C)F. The minimum Gasteiger partial charge on any atom is -0.497 e. The summed E-state index contributed by atoms with van der Waals surface area (Å²) in [6.45, 7) is 3.83. The molecule has 0 saturated carbocycles. The number of alkyl halides is 2. The van der Waals surface area contributed by atoms with E-state index in [1.165, 1.54) is 20.1 Å². The van der Waals surface area contributed by atoms with Gasteiger partial charge in [0.15, 0.2) is 0 Å². The second-order valence-electron chi connectivity index (χ2n) is 11.5. The summed E-state index contributed by atoms with van der Waals surface area (Å²) in [5.74, 6) is -3.56. The Morgan fingerprint density at radius 2 is 1.53 bits per heavy atom. The molecule has 2 N–H and O–H groups in total. The number of halogens is 2. The smallest absolute Gasteiger partial charge is 0.245 e. The van der Waals surface area contributed by atoms with E-state index in [-0.39, 0.29) is 11.8 Å². The molecule has 0 spiro atoms. The van der Waals surface area contributed by atoms with Crippen molar-refractivity contribution in [1.29, 1.82) is 0 Å². The van der Waals surface area contributed by atoms with Crippen LogP contribution in [-0.4, -0.2) is 59.2 Å². The highest BCUT2D eigenvalue weighted by Crippen LogP contribution is 2.53. The monoisotopic (exact) mass is 614 g/mol. The highest BCUT2D eigenvalue weighted by Gasteiger charge is 2.63. The summed E-state index contributed by atoms with van der Waals surface area (Å²) >= 11 is 0. The summed E-state index contributed by atoms with van der Waals surface area (Å²) in [5.41, 5.74) is 0.222. The number of nitrogens with one attached hydrogen (secondary N) is 1. The van der Waals surface area contributed by atoms with Crippen molar-refractivity contribution in [2.75, 3.05) is 25.6 Å². The van der Waals surface area contributed by atoms with E-state index < -0.39 is 41.6 Å². The van der Waals surface area contributed by atoms with Crippen LogP contribution >= 0.6 is 0 Å². The second kappa shape index (κ2) is 11.8. The van der Waals surface area contributed by atoms with Gasteiger partial charge < -0.3 is 24.6 Å². The first-order chi connectivity index (χ1) is 21.7. The normalized spacial score (nSPS) is 25.6. The van der Waals surface area contributed by atoms with E-state index in [1.54, 1.807) is 7.11 Å². The number of aliphatic imine (C=N–C) groups is 1. The van der Waals surface area contributed by atoms with Crippen LogP contribution in [0.15, 0.2) is 89.9 Å². The molecule has 3 aromatic carbocycles. The number of hydrogen-bond donors (Lipinski definition) is 2. The molecule has 1 fully saturated rings.